The van der Waals surface area contributed by atoms with Gasteiger partial charge in [-0.1, -0.05) is 0 Å². The van der Waals surface area contributed by atoms with Crippen molar-refractivity contribution in [3.8, 4) is 0 Å². The molecule has 0 amide bonds. The Morgan fingerprint density at radius 3 is 1.27 bits per heavy atom. The van der Waals surface area contributed by atoms with Gasteiger partial charge < -0.3 is 19.7 Å². The van der Waals surface area contributed by atoms with E-state index in [1.165, 1.54) is 0 Å². The van der Waals surface area contributed by atoms with E-state index < -0.39 is 12.6 Å². The molecule has 2 fully saturated rings. The predicted octanol–water partition coefficient (Wildman–Crippen LogP) is 1.01. The minimum Gasteiger partial charge on any atom is -0.368 e. The van der Waals surface area contributed by atoms with Crippen LogP contribution < -0.4 is 0 Å². The molecule has 5 heteroatoms. The van der Waals surface area contributed by atoms with E-state index in [1.807, 2.05) is 0 Å². The van der Waals surface area contributed by atoms with Gasteiger partial charge in [0.15, 0.2) is 12.6 Å². The first-order valence-electron chi connectivity index (χ1n) is 5.38. The normalized spacial score (nSPS) is 30.8. The van der Waals surface area contributed by atoms with Crippen LogP contribution in [0.2, 0.25) is 0 Å². The first-order valence-corrected chi connectivity index (χ1v) is 5.38. The van der Waals surface area contributed by atoms with Gasteiger partial charge in [-0.15, -0.1) is 0 Å². The summed E-state index contributed by atoms with van der Waals surface area (Å²) in [5.41, 5.74) is 0. The molecule has 2 saturated heterocycles. The largest absolute Gasteiger partial charge is 0.368 e. The Balaban J connectivity index is 0.000000245. The van der Waals surface area contributed by atoms with Gasteiger partial charge in [0.1, 0.15) is 0 Å². The van der Waals surface area contributed by atoms with Crippen LogP contribution in [0.4, 0.5) is 0 Å². The van der Waals surface area contributed by atoms with E-state index in [0.29, 0.717) is 0 Å². The Morgan fingerprint density at radius 2 is 1.13 bits per heavy atom. The fraction of sp³-hybridized carbons (Fsp3) is 1.00. The summed E-state index contributed by atoms with van der Waals surface area (Å²) in [6.07, 6.45) is 5.15. The van der Waals surface area contributed by atoms with Crippen molar-refractivity contribution in [2.45, 2.75) is 51.1 Å². The summed E-state index contributed by atoms with van der Waals surface area (Å²) in [5, 5.41) is 17.4. The van der Waals surface area contributed by atoms with E-state index in [-0.39, 0.29) is 32.7 Å². The molecule has 0 aromatic heterocycles. The predicted molar refractivity (Wildman–Crippen MR) is 51.6 cm³/mol. The topological polar surface area (TPSA) is 58.9 Å². The Kier molecular flexibility index (Phi) is 10.8. The summed E-state index contributed by atoms with van der Waals surface area (Å²) in [4.78, 5) is 0. The van der Waals surface area contributed by atoms with Crippen LogP contribution in [0.5, 0.6) is 0 Å². The number of hydrogen-bond acceptors (Lipinski definition) is 4. The van der Waals surface area contributed by atoms with Gasteiger partial charge in [0.05, 0.1) is 0 Å². The summed E-state index contributed by atoms with van der Waals surface area (Å²) in [5.74, 6) is 0. The molecular formula is C10H20O4Y. The van der Waals surface area contributed by atoms with Gasteiger partial charge in [-0.3, -0.25) is 0 Å². The van der Waals surface area contributed by atoms with Gasteiger partial charge in [-0.25, -0.2) is 0 Å². The molecule has 2 unspecified atom stereocenters. The number of ether oxygens (including phenoxy) is 2. The first kappa shape index (κ1) is 15.9. The Morgan fingerprint density at radius 1 is 0.733 bits per heavy atom. The quantitative estimate of drug-likeness (QED) is 0.700. The molecule has 2 heterocycles. The average molecular weight is 293 g/mol. The van der Waals surface area contributed by atoms with Crippen LogP contribution in [-0.2, 0) is 42.2 Å². The Labute approximate surface area is 116 Å². The first-order chi connectivity index (χ1) is 6.79. The van der Waals surface area contributed by atoms with Crippen LogP contribution in [0.3, 0.4) is 0 Å². The molecule has 0 aromatic carbocycles. The molecule has 0 bridgehead atoms. The van der Waals surface area contributed by atoms with Crippen molar-refractivity contribution >= 4 is 0 Å². The molecule has 0 aliphatic carbocycles. The van der Waals surface area contributed by atoms with Crippen LogP contribution in [-0.4, -0.2) is 36.0 Å². The minimum absolute atomic E-state index is 0. The molecule has 1 radical (unpaired) electrons. The maximum absolute atomic E-state index is 8.69. The summed E-state index contributed by atoms with van der Waals surface area (Å²) in [6, 6.07) is 0. The van der Waals surface area contributed by atoms with Crippen molar-refractivity contribution in [1.29, 1.82) is 0 Å². The standard InChI is InChI=1S/2C5H10O2.Y/c2*6-5-3-1-2-4-7-5;/h2*5-6H,1-4H2;. The number of rotatable bonds is 0. The number of aliphatic hydroxyl groups is 2. The van der Waals surface area contributed by atoms with Crippen molar-refractivity contribution in [2.24, 2.45) is 0 Å². The molecule has 2 rings (SSSR count). The smallest absolute Gasteiger partial charge is 0.154 e. The zero-order valence-electron chi connectivity index (χ0n) is 9.10. The van der Waals surface area contributed by atoms with E-state index in [2.05, 4.69) is 0 Å². The number of hydrogen-bond donors (Lipinski definition) is 2. The zero-order valence-corrected chi connectivity index (χ0v) is 11.9. The van der Waals surface area contributed by atoms with Crippen LogP contribution >= 0.6 is 0 Å². The molecule has 4 nitrogen and oxygen atoms in total. The fourth-order valence-electron chi connectivity index (χ4n) is 1.45. The minimum atomic E-state index is -0.464. The Hall–Kier alpha value is 0.944. The van der Waals surface area contributed by atoms with Crippen LogP contribution in [0.15, 0.2) is 0 Å². The molecular weight excluding hydrogens is 273 g/mol. The summed E-state index contributed by atoms with van der Waals surface area (Å²) in [7, 11) is 0. The second kappa shape index (κ2) is 10.1. The van der Waals surface area contributed by atoms with Gasteiger partial charge in [-0.05, 0) is 38.5 Å². The summed E-state index contributed by atoms with van der Waals surface area (Å²) < 4.78 is 9.67. The van der Waals surface area contributed by atoms with Crippen molar-refractivity contribution in [1.82, 2.24) is 0 Å². The van der Waals surface area contributed by atoms with Crippen LogP contribution in [0, 0.1) is 0 Å². The van der Waals surface area contributed by atoms with Gasteiger partial charge in [0.25, 0.3) is 0 Å². The third-order valence-electron chi connectivity index (χ3n) is 2.31. The molecule has 87 valence electrons. The van der Waals surface area contributed by atoms with Gasteiger partial charge in [0.2, 0.25) is 0 Å². The molecule has 0 aromatic rings. The molecule has 0 spiro atoms. The average Bonchev–Trinajstić information content (AvgIpc) is 2.21. The molecule has 2 atom stereocenters. The van der Waals surface area contributed by atoms with Gasteiger partial charge in [0, 0.05) is 45.9 Å². The second-order valence-corrected chi connectivity index (χ2v) is 3.64. The fourth-order valence-corrected chi connectivity index (χ4v) is 1.45. The summed E-state index contributed by atoms with van der Waals surface area (Å²) in [6.45, 7) is 1.47. The molecule has 2 N–H and O–H groups in total. The summed E-state index contributed by atoms with van der Waals surface area (Å²) >= 11 is 0. The third kappa shape index (κ3) is 8.72. The van der Waals surface area contributed by atoms with E-state index in [0.717, 1.165) is 51.7 Å². The zero-order chi connectivity index (χ0) is 10.2. The van der Waals surface area contributed by atoms with E-state index in [1.54, 1.807) is 0 Å². The van der Waals surface area contributed by atoms with Gasteiger partial charge >= 0.3 is 0 Å². The van der Waals surface area contributed by atoms with Crippen molar-refractivity contribution in [3.05, 3.63) is 0 Å². The molecule has 2 aliphatic rings. The molecule has 0 saturated carbocycles. The Bertz CT molecular complexity index is 117. The van der Waals surface area contributed by atoms with Crippen molar-refractivity contribution in [2.75, 3.05) is 13.2 Å². The van der Waals surface area contributed by atoms with Crippen LogP contribution in [0.1, 0.15) is 38.5 Å². The van der Waals surface area contributed by atoms with E-state index in [9.17, 15) is 0 Å². The number of aliphatic hydroxyl groups excluding tert-OH is 2. The molecule has 15 heavy (non-hydrogen) atoms. The van der Waals surface area contributed by atoms with Crippen molar-refractivity contribution in [3.63, 3.8) is 0 Å². The monoisotopic (exact) mass is 293 g/mol. The second-order valence-electron chi connectivity index (χ2n) is 3.64. The van der Waals surface area contributed by atoms with Crippen molar-refractivity contribution < 1.29 is 52.4 Å². The maximum Gasteiger partial charge on any atom is 0.154 e. The molecule has 2 aliphatic heterocycles. The van der Waals surface area contributed by atoms with E-state index >= 15 is 0 Å². The maximum atomic E-state index is 8.69. The SMILES string of the molecule is OC1CCCCO1.OC1CCCCO1.[Y]. The van der Waals surface area contributed by atoms with Crippen LogP contribution in [0.25, 0.3) is 0 Å². The van der Waals surface area contributed by atoms with Gasteiger partial charge in [-0.2, -0.15) is 0 Å². The van der Waals surface area contributed by atoms with E-state index in [4.69, 9.17) is 19.7 Å². The third-order valence-corrected chi connectivity index (χ3v) is 2.31.